The van der Waals surface area contributed by atoms with Crippen LogP contribution in [0.15, 0.2) is 0 Å². The number of hydrogen-bond donors (Lipinski definition) is 2. The average Bonchev–Trinajstić information content (AvgIpc) is 2.12. The van der Waals surface area contributed by atoms with Crippen LogP contribution in [0, 0.1) is 24.1 Å². The molecule has 0 aromatic carbocycles. The van der Waals surface area contributed by atoms with Crippen molar-refractivity contribution in [2.75, 3.05) is 26.4 Å². The second-order valence-corrected chi connectivity index (χ2v) is 2.64. The minimum Gasteiger partial charge on any atom is -0.655 e. The predicted molar refractivity (Wildman–Crippen MR) is 52.7 cm³/mol. The maximum Gasteiger partial charge on any atom is 0.107 e. The van der Waals surface area contributed by atoms with E-state index in [4.69, 9.17) is 10.2 Å². The molecule has 1 atom stereocenters. The molecule has 0 aromatic heterocycles. The van der Waals surface area contributed by atoms with Gasteiger partial charge in [0.25, 0.3) is 0 Å². The van der Waals surface area contributed by atoms with Crippen LogP contribution in [0.5, 0.6) is 0 Å². The van der Waals surface area contributed by atoms with Crippen LogP contribution in [0.4, 0.5) is 0 Å². The molecule has 0 heterocycles. The van der Waals surface area contributed by atoms with Crippen molar-refractivity contribution in [3.8, 4) is 24.1 Å². The van der Waals surface area contributed by atoms with Gasteiger partial charge in [-0.2, -0.15) is 7.05 Å². The van der Waals surface area contributed by atoms with Gasteiger partial charge in [-0.25, -0.2) is 0 Å². The van der Waals surface area contributed by atoms with Crippen LogP contribution in [0.3, 0.4) is 0 Å². The average molecular weight is 364 g/mol. The van der Waals surface area contributed by atoms with Crippen LogP contribution in [-0.4, -0.2) is 36.6 Å². The number of hydrogen-bond acceptors (Lipinski definition) is 2. The second-order valence-electron chi connectivity index (χ2n) is 1.58. The fraction of sp³-hybridized carbons (Fsp3) is 0.500. The Hall–Kier alpha value is 1.32. The molecule has 3 nitrogen and oxygen atoms in total. The summed E-state index contributed by atoms with van der Waals surface area (Å²) in [7, 11) is 2.47. The van der Waals surface area contributed by atoms with Gasteiger partial charge in [0.15, 0.2) is 0 Å². The fourth-order valence-corrected chi connectivity index (χ4v) is 0.498. The van der Waals surface area contributed by atoms with Crippen LogP contribution in [0.2, 0.25) is 0 Å². The number of aliphatic hydroxyl groups excluding tert-OH is 2. The van der Waals surface area contributed by atoms with Crippen LogP contribution in [0.25, 0.3) is 5.32 Å². The van der Waals surface area contributed by atoms with Gasteiger partial charge < -0.3 is 15.5 Å². The third kappa shape index (κ3) is 37.7. The van der Waals surface area contributed by atoms with Gasteiger partial charge in [0.2, 0.25) is 0 Å². The Kier molecular flexibility index (Phi) is 51.2. The SMILES string of the molecule is CPCC#CO.C[N-]CC#CO.[Y].[Y]. The molecule has 0 aliphatic carbocycles. The van der Waals surface area contributed by atoms with E-state index >= 15 is 0 Å². The predicted octanol–water partition coefficient (Wildman–Crippen LogP) is 0.946. The Labute approximate surface area is 138 Å². The zero-order valence-corrected chi connectivity index (χ0v) is 15.1. The van der Waals surface area contributed by atoms with E-state index in [0.717, 1.165) is 14.7 Å². The molecule has 0 spiro atoms. The number of rotatable bonds is 2. The summed E-state index contributed by atoms with van der Waals surface area (Å²) >= 11 is 0. The largest absolute Gasteiger partial charge is 0.655 e. The Balaban J connectivity index is -0.0000000625. The van der Waals surface area contributed by atoms with Gasteiger partial charge in [0.05, 0.1) is 0 Å². The van der Waals surface area contributed by atoms with Crippen molar-refractivity contribution in [2.24, 2.45) is 0 Å². The molecule has 0 aromatic rings. The van der Waals surface area contributed by atoms with E-state index in [9.17, 15) is 0 Å². The minimum atomic E-state index is 0. The molecule has 0 saturated heterocycles. The molecule has 74 valence electrons. The fourth-order valence-electron chi connectivity index (χ4n) is 0.242. The van der Waals surface area contributed by atoms with Crippen molar-refractivity contribution in [2.45, 2.75) is 0 Å². The molecule has 0 saturated carbocycles. The van der Waals surface area contributed by atoms with Crippen molar-refractivity contribution in [1.82, 2.24) is 0 Å². The number of nitrogens with zero attached hydrogens (tertiary/aromatic N) is 1. The minimum absolute atomic E-state index is 0. The molecule has 14 heavy (non-hydrogen) atoms. The van der Waals surface area contributed by atoms with Crippen molar-refractivity contribution < 1.29 is 75.6 Å². The van der Waals surface area contributed by atoms with Crippen LogP contribution < -0.4 is 0 Å². The van der Waals surface area contributed by atoms with Gasteiger partial charge in [-0.05, 0) is 6.66 Å². The maximum atomic E-state index is 7.84. The van der Waals surface area contributed by atoms with E-state index < -0.39 is 0 Å². The smallest absolute Gasteiger partial charge is 0.107 e. The second kappa shape index (κ2) is 29.2. The third-order valence-electron chi connectivity index (χ3n) is 0.660. The molecule has 2 radical (unpaired) electrons. The summed E-state index contributed by atoms with van der Waals surface area (Å²) in [5, 5.41) is 19.2. The van der Waals surface area contributed by atoms with Crippen LogP contribution >= 0.6 is 8.58 Å². The third-order valence-corrected chi connectivity index (χ3v) is 1.19. The van der Waals surface area contributed by atoms with Crippen LogP contribution in [0.1, 0.15) is 0 Å². The van der Waals surface area contributed by atoms with E-state index in [-0.39, 0.29) is 65.4 Å². The van der Waals surface area contributed by atoms with Gasteiger partial charge in [-0.1, -0.05) is 18.4 Å². The van der Waals surface area contributed by atoms with Gasteiger partial charge in [0.1, 0.15) is 12.2 Å². The Morgan fingerprint density at radius 2 is 1.64 bits per heavy atom. The molecule has 6 heteroatoms. The summed E-state index contributed by atoms with van der Waals surface area (Å²) in [6, 6.07) is 0. The molecule has 0 fully saturated rings. The van der Waals surface area contributed by atoms with Crippen molar-refractivity contribution in [3.63, 3.8) is 0 Å². The zero-order chi connectivity index (χ0) is 9.66. The summed E-state index contributed by atoms with van der Waals surface area (Å²) in [5.74, 6) is 4.85. The van der Waals surface area contributed by atoms with E-state index in [2.05, 4.69) is 17.2 Å². The standard InChI is InChI=1S/C4H6NO.C4H7OP.2Y/c1-5-3-2-4-6;1-6-4-2-3-5;;/h6H,3H2,1H3;5-6H,4H2,1H3;;/q-1;;;. The first kappa shape index (κ1) is 24.5. The summed E-state index contributed by atoms with van der Waals surface area (Å²) in [4.78, 5) is 0. The molecular formula is C8H13NO2PY2-. The monoisotopic (exact) mass is 364 g/mol. The van der Waals surface area contributed by atoms with Gasteiger partial charge in [0, 0.05) is 71.6 Å². The van der Waals surface area contributed by atoms with Gasteiger partial charge in [-0.3, -0.25) is 0 Å². The Morgan fingerprint density at radius 1 is 1.14 bits per heavy atom. The Morgan fingerprint density at radius 3 is 1.79 bits per heavy atom. The molecule has 0 rings (SSSR count). The van der Waals surface area contributed by atoms with Crippen molar-refractivity contribution in [1.29, 1.82) is 0 Å². The van der Waals surface area contributed by atoms with E-state index in [1.54, 1.807) is 13.2 Å². The maximum absolute atomic E-state index is 7.84. The quantitative estimate of drug-likeness (QED) is 0.567. The molecule has 0 amide bonds. The topological polar surface area (TPSA) is 54.6 Å². The molecule has 0 bridgehead atoms. The molecular weight excluding hydrogens is 351 g/mol. The molecule has 0 aliphatic heterocycles. The molecule has 1 unspecified atom stereocenters. The summed E-state index contributed by atoms with van der Waals surface area (Å²) in [5.41, 5.74) is 0. The molecule has 0 aliphatic rings. The zero-order valence-electron chi connectivity index (χ0n) is 8.41. The first-order valence-electron chi connectivity index (χ1n) is 3.27. The van der Waals surface area contributed by atoms with E-state index in [1.807, 2.05) is 12.8 Å². The van der Waals surface area contributed by atoms with E-state index in [1.165, 1.54) is 0 Å². The first-order valence-corrected chi connectivity index (χ1v) is 4.98. The first-order chi connectivity index (χ1) is 5.83. The van der Waals surface area contributed by atoms with Gasteiger partial charge in [-0.15, -0.1) is 8.58 Å². The van der Waals surface area contributed by atoms with Crippen molar-refractivity contribution >= 4 is 8.58 Å². The van der Waals surface area contributed by atoms with Crippen LogP contribution in [-0.2, 0) is 65.4 Å². The summed E-state index contributed by atoms with van der Waals surface area (Å²) < 4.78 is 0. The van der Waals surface area contributed by atoms with E-state index in [0.29, 0.717) is 6.54 Å². The Bertz CT molecular complexity index is 171. The van der Waals surface area contributed by atoms with Gasteiger partial charge >= 0.3 is 0 Å². The normalized spacial score (nSPS) is 6.14. The van der Waals surface area contributed by atoms with Crippen molar-refractivity contribution in [3.05, 3.63) is 5.32 Å². The molecule has 2 N–H and O–H groups in total. The summed E-state index contributed by atoms with van der Waals surface area (Å²) in [6.07, 6.45) is 4.38. The number of aliphatic hydroxyl groups is 2. The summed E-state index contributed by atoms with van der Waals surface area (Å²) in [6.45, 7) is 2.47.